The second-order valence-corrected chi connectivity index (χ2v) is 7.37. The van der Waals surface area contributed by atoms with E-state index in [1.165, 1.54) is 6.07 Å². The summed E-state index contributed by atoms with van der Waals surface area (Å²) in [5.74, 6) is -0.950. The van der Waals surface area contributed by atoms with Crippen LogP contribution in [-0.2, 0) is 6.54 Å². The van der Waals surface area contributed by atoms with Crippen LogP contribution >= 0.6 is 0 Å². The number of aromatic amines is 1. The molecule has 0 aliphatic carbocycles. The van der Waals surface area contributed by atoms with Crippen LogP contribution in [0.5, 0.6) is 0 Å². The van der Waals surface area contributed by atoms with E-state index in [2.05, 4.69) is 15.3 Å². The molecule has 0 spiro atoms. The van der Waals surface area contributed by atoms with Gasteiger partial charge in [0.1, 0.15) is 5.52 Å². The van der Waals surface area contributed by atoms with Gasteiger partial charge in [0.25, 0.3) is 0 Å². The predicted molar refractivity (Wildman–Crippen MR) is 116 cm³/mol. The Kier molecular flexibility index (Phi) is 4.32. The molecule has 0 saturated carbocycles. The van der Waals surface area contributed by atoms with Gasteiger partial charge >= 0.3 is 5.97 Å². The van der Waals surface area contributed by atoms with Crippen molar-refractivity contribution in [1.29, 1.82) is 0 Å². The van der Waals surface area contributed by atoms with E-state index in [0.717, 1.165) is 22.0 Å². The van der Waals surface area contributed by atoms with Gasteiger partial charge < -0.3 is 10.1 Å². The number of carbonyl (C=O) groups is 1. The summed E-state index contributed by atoms with van der Waals surface area (Å²) in [7, 11) is 0. The highest BCUT2D eigenvalue weighted by molar-refractivity contribution is 5.90. The highest BCUT2D eigenvalue weighted by Crippen LogP contribution is 2.23. The Morgan fingerprint density at radius 1 is 1.06 bits per heavy atom. The lowest BCUT2D eigenvalue weighted by molar-refractivity contribution is 0.0696. The molecule has 0 fully saturated rings. The number of nitrogens with one attached hydrogen (secondary N) is 1. The van der Waals surface area contributed by atoms with E-state index in [9.17, 15) is 14.7 Å². The summed E-state index contributed by atoms with van der Waals surface area (Å²) in [6.45, 7) is 2.24. The van der Waals surface area contributed by atoms with Crippen molar-refractivity contribution in [3.63, 3.8) is 0 Å². The molecule has 5 rings (SSSR count). The van der Waals surface area contributed by atoms with Crippen LogP contribution in [0.25, 0.3) is 33.3 Å². The summed E-state index contributed by atoms with van der Waals surface area (Å²) in [5, 5.41) is 18.6. The number of aromatic carboxylic acids is 1. The second-order valence-electron chi connectivity index (χ2n) is 7.37. The lowest BCUT2D eigenvalue weighted by atomic mass is 10.0. The smallest absolute Gasteiger partial charge is 0.335 e. The maximum Gasteiger partial charge on any atom is 0.335 e. The van der Waals surface area contributed by atoms with Crippen molar-refractivity contribution in [2.45, 2.75) is 13.5 Å². The van der Waals surface area contributed by atoms with E-state index in [4.69, 9.17) is 4.98 Å². The van der Waals surface area contributed by atoms with Gasteiger partial charge in [-0.25, -0.2) is 14.5 Å². The molecule has 0 aliphatic rings. The molecule has 3 heterocycles. The molecule has 5 aromatic rings. The van der Waals surface area contributed by atoms with E-state index in [1.807, 2.05) is 36.4 Å². The molecule has 2 N–H and O–H groups in total. The van der Waals surface area contributed by atoms with E-state index < -0.39 is 5.97 Å². The molecule has 2 aromatic carbocycles. The fraction of sp³-hybridized carbons (Fsp3) is 0.0870. The van der Waals surface area contributed by atoms with Gasteiger partial charge in [0.15, 0.2) is 5.65 Å². The third-order valence-corrected chi connectivity index (χ3v) is 5.23. The van der Waals surface area contributed by atoms with Crippen LogP contribution in [-0.4, -0.2) is 36.0 Å². The van der Waals surface area contributed by atoms with Crippen LogP contribution < -0.4 is 5.56 Å². The Morgan fingerprint density at radius 2 is 1.94 bits per heavy atom. The number of pyridine rings is 2. The van der Waals surface area contributed by atoms with Gasteiger partial charge in [-0.2, -0.15) is 0 Å². The first-order chi connectivity index (χ1) is 15.0. The van der Waals surface area contributed by atoms with Crippen LogP contribution in [0.4, 0.5) is 0 Å². The van der Waals surface area contributed by atoms with Crippen LogP contribution in [0.15, 0.2) is 65.5 Å². The first-order valence-electron chi connectivity index (χ1n) is 9.64. The fourth-order valence-electron chi connectivity index (χ4n) is 3.66. The molecular formula is C23H17N5O3. The zero-order valence-corrected chi connectivity index (χ0v) is 16.5. The monoisotopic (exact) mass is 411 g/mol. The van der Waals surface area contributed by atoms with Gasteiger partial charge in [0.2, 0.25) is 5.56 Å². The number of hydrogen-bond donors (Lipinski definition) is 2. The van der Waals surface area contributed by atoms with Crippen molar-refractivity contribution in [3.05, 3.63) is 87.7 Å². The second kappa shape index (κ2) is 7.17. The minimum atomic E-state index is -0.950. The number of nitrogens with zero attached hydrogens (tertiary/aromatic N) is 4. The Bertz CT molecular complexity index is 1530. The van der Waals surface area contributed by atoms with Crippen LogP contribution in [0.3, 0.4) is 0 Å². The summed E-state index contributed by atoms with van der Waals surface area (Å²) in [5.41, 5.74) is 5.44. The largest absolute Gasteiger partial charge is 0.478 e. The number of fused-ring (bicyclic) bond motifs is 2. The van der Waals surface area contributed by atoms with Gasteiger partial charge in [-0.15, -0.1) is 5.10 Å². The number of H-pyrrole nitrogens is 1. The Labute approximate surface area is 175 Å². The zero-order valence-electron chi connectivity index (χ0n) is 16.5. The topological polar surface area (TPSA) is 114 Å². The summed E-state index contributed by atoms with van der Waals surface area (Å²) in [6, 6.07) is 18.0. The lowest BCUT2D eigenvalue weighted by Gasteiger charge is -2.07. The van der Waals surface area contributed by atoms with Gasteiger partial charge in [0.05, 0.1) is 17.8 Å². The van der Waals surface area contributed by atoms with Crippen molar-refractivity contribution in [2.75, 3.05) is 0 Å². The number of carboxylic acids is 1. The molecule has 0 bridgehead atoms. The number of aromatic nitrogens is 5. The average molecular weight is 411 g/mol. The van der Waals surface area contributed by atoms with Gasteiger partial charge in [0, 0.05) is 17.1 Å². The SMILES string of the molecule is Cc1cc(-c2ccc3nnn(Cc4ccc5[nH]c(=O)ccc5c4)c3n2)ccc1C(=O)O. The molecule has 152 valence electrons. The summed E-state index contributed by atoms with van der Waals surface area (Å²) >= 11 is 0. The lowest BCUT2D eigenvalue weighted by Crippen LogP contribution is -2.05. The molecule has 31 heavy (non-hydrogen) atoms. The quantitative estimate of drug-likeness (QED) is 0.469. The standard InChI is InChI=1S/C23H17N5O3/c1-13-10-15(3-5-17(13)23(30)31)19-7-8-20-22(25-19)28(27-26-20)12-14-2-6-18-16(11-14)4-9-21(29)24-18/h2-11H,12H2,1H3,(H,24,29)(H,30,31). The van der Waals surface area contributed by atoms with Gasteiger partial charge in [-0.05, 0) is 65.9 Å². The molecule has 0 amide bonds. The van der Waals surface area contributed by atoms with E-state index >= 15 is 0 Å². The summed E-state index contributed by atoms with van der Waals surface area (Å²) in [6.07, 6.45) is 0. The first-order valence-corrected chi connectivity index (χ1v) is 9.64. The van der Waals surface area contributed by atoms with Crippen molar-refractivity contribution in [1.82, 2.24) is 25.0 Å². The number of aryl methyl sites for hydroxylation is 1. The van der Waals surface area contributed by atoms with Crippen molar-refractivity contribution < 1.29 is 9.90 Å². The normalized spacial score (nSPS) is 11.3. The Balaban J connectivity index is 1.52. The Hall–Kier alpha value is -4.33. The molecular weight excluding hydrogens is 394 g/mol. The third kappa shape index (κ3) is 3.44. The van der Waals surface area contributed by atoms with Crippen molar-refractivity contribution >= 4 is 28.0 Å². The van der Waals surface area contributed by atoms with E-state index in [1.54, 1.807) is 29.8 Å². The van der Waals surface area contributed by atoms with Gasteiger partial charge in [-0.1, -0.05) is 17.3 Å². The highest BCUT2D eigenvalue weighted by Gasteiger charge is 2.12. The van der Waals surface area contributed by atoms with Crippen molar-refractivity contribution in [3.8, 4) is 11.3 Å². The number of carboxylic acid groups (broad SMARTS) is 1. The zero-order chi connectivity index (χ0) is 21.5. The minimum absolute atomic E-state index is 0.133. The maximum absolute atomic E-state index is 11.5. The molecule has 0 aliphatic heterocycles. The Morgan fingerprint density at radius 3 is 2.74 bits per heavy atom. The minimum Gasteiger partial charge on any atom is -0.478 e. The number of rotatable bonds is 4. The molecule has 0 unspecified atom stereocenters. The molecule has 8 nitrogen and oxygen atoms in total. The number of hydrogen-bond acceptors (Lipinski definition) is 5. The maximum atomic E-state index is 11.5. The first kappa shape index (κ1) is 18.7. The van der Waals surface area contributed by atoms with E-state index in [-0.39, 0.29) is 11.1 Å². The molecule has 3 aromatic heterocycles. The molecule has 0 atom stereocenters. The highest BCUT2D eigenvalue weighted by atomic mass is 16.4. The molecule has 8 heteroatoms. The molecule has 0 saturated heterocycles. The van der Waals surface area contributed by atoms with Crippen LogP contribution in [0, 0.1) is 6.92 Å². The molecule has 0 radical (unpaired) electrons. The summed E-state index contributed by atoms with van der Waals surface area (Å²) < 4.78 is 1.73. The predicted octanol–water partition coefficient (Wildman–Crippen LogP) is 3.39. The van der Waals surface area contributed by atoms with E-state index in [0.29, 0.717) is 29.0 Å². The van der Waals surface area contributed by atoms with Gasteiger partial charge in [-0.3, -0.25) is 4.79 Å². The fourth-order valence-corrected chi connectivity index (χ4v) is 3.66. The number of benzene rings is 2. The van der Waals surface area contributed by atoms with Crippen LogP contribution in [0.2, 0.25) is 0 Å². The summed E-state index contributed by atoms with van der Waals surface area (Å²) in [4.78, 5) is 30.3. The average Bonchev–Trinajstić information content (AvgIpc) is 3.15. The van der Waals surface area contributed by atoms with Crippen molar-refractivity contribution in [2.24, 2.45) is 0 Å². The third-order valence-electron chi connectivity index (χ3n) is 5.23. The van der Waals surface area contributed by atoms with Crippen LogP contribution in [0.1, 0.15) is 21.5 Å².